The van der Waals surface area contributed by atoms with Gasteiger partial charge in [-0.2, -0.15) is 5.10 Å². The Labute approximate surface area is 180 Å². The molecule has 0 aliphatic heterocycles. The van der Waals surface area contributed by atoms with Crippen molar-refractivity contribution in [3.05, 3.63) is 71.0 Å². The van der Waals surface area contributed by atoms with Gasteiger partial charge < -0.3 is 19.5 Å². The fourth-order valence-electron chi connectivity index (χ4n) is 3.11. The largest absolute Gasteiger partial charge is 0.497 e. The van der Waals surface area contributed by atoms with Crippen molar-refractivity contribution >= 4 is 11.9 Å². The van der Waals surface area contributed by atoms with E-state index in [1.807, 2.05) is 12.1 Å². The van der Waals surface area contributed by atoms with E-state index in [-0.39, 0.29) is 5.91 Å². The van der Waals surface area contributed by atoms with Crippen LogP contribution in [0.15, 0.2) is 48.7 Å². The third kappa shape index (κ3) is 4.85. The van der Waals surface area contributed by atoms with Gasteiger partial charge in [0.1, 0.15) is 17.1 Å². The van der Waals surface area contributed by atoms with Crippen molar-refractivity contribution < 1.29 is 23.8 Å². The van der Waals surface area contributed by atoms with Gasteiger partial charge in [0.2, 0.25) is 0 Å². The van der Waals surface area contributed by atoms with Crippen LogP contribution in [0, 0.1) is 6.92 Å². The molecule has 3 aromatic rings. The lowest BCUT2D eigenvalue weighted by atomic mass is 10.1. The van der Waals surface area contributed by atoms with Crippen molar-refractivity contribution in [1.29, 1.82) is 0 Å². The van der Waals surface area contributed by atoms with Crippen molar-refractivity contribution in [2.75, 3.05) is 20.8 Å². The summed E-state index contributed by atoms with van der Waals surface area (Å²) in [5.74, 6) is 0.703. The Morgan fingerprint density at radius 1 is 1.06 bits per heavy atom. The summed E-state index contributed by atoms with van der Waals surface area (Å²) < 4.78 is 17.2. The molecule has 0 atom stereocenters. The lowest BCUT2D eigenvalue weighted by Gasteiger charge is -2.12. The third-order valence-corrected chi connectivity index (χ3v) is 4.81. The fourth-order valence-corrected chi connectivity index (χ4v) is 3.11. The minimum atomic E-state index is -0.406. The predicted octanol–water partition coefficient (Wildman–Crippen LogP) is 3.30. The number of amides is 1. The van der Waals surface area contributed by atoms with Crippen LogP contribution in [0.1, 0.15) is 38.9 Å². The maximum Gasteiger partial charge on any atom is 0.341 e. The molecule has 0 radical (unpaired) electrons. The second-order valence-corrected chi connectivity index (χ2v) is 6.68. The van der Waals surface area contributed by atoms with E-state index in [4.69, 9.17) is 14.2 Å². The molecule has 8 nitrogen and oxygen atoms in total. The van der Waals surface area contributed by atoms with E-state index in [2.05, 4.69) is 10.4 Å². The summed E-state index contributed by atoms with van der Waals surface area (Å²) in [6.07, 6.45) is 1.48. The van der Waals surface area contributed by atoms with Crippen LogP contribution in [0.4, 0.5) is 0 Å². The number of nitrogens with one attached hydrogen (secondary N) is 1. The number of nitrogens with zero attached hydrogens (tertiary/aromatic N) is 2. The van der Waals surface area contributed by atoms with Gasteiger partial charge in [-0.1, -0.05) is 0 Å². The molecule has 0 saturated carbocycles. The van der Waals surface area contributed by atoms with Crippen LogP contribution in [0.5, 0.6) is 11.5 Å². The van der Waals surface area contributed by atoms with Gasteiger partial charge in [-0.25, -0.2) is 9.48 Å². The molecule has 1 N–H and O–H groups in total. The molecule has 2 aromatic carbocycles. The Morgan fingerprint density at radius 3 is 2.45 bits per heavy atom. The molecule has 0 aliphatic rings. The number of ether oxygens (including phenoxy) is 3. The van der Waals surface area contributed by atoms with Crippen LogP contribution in [-0.2, 0) is 11.3 Å². The Morgan fingerprint density at radius 2 is 1.81 bits per heavy atom. The summed E-state index contributed by atoms with van der Waals surface area (Å²) in [5, 5.41) is 7.15. The molecule has 3 rings (SSSR count). The molecular weight excluding hydrogens is 398 g/mol. The molecule has 0 bridgehead atoms. The van der Waals surface area contributed by atoms with Crippen LogP contribution >= 0.6 is 0 Å². The Kier molecular flexibility index (Phi) is 6.92. The van der Waals surface area contributed by atoms with Crippen LogP contribution in [0.25, 0.3) is 5.69 Å². The number of methoxy groups -OCH3 is 2. The first-order chi connectivity index (χ1) is 15.0. The predicted molar refractivity (Wildman–Crippen MR) is 115 cm³/mol. The average Bonchev–Trinajstić information content (AvgIpc) is 3.18. The molecule has 1 aromatic heterocycles. The van der Waals surface area contributed by atoms with Crippen molar-refractivity contribution in [2.24, 2.45) is 0 Å². The van der Waals surface area contributed by atoms with Gasteiger partial charge in [0.05, 0.1) is 38.4 Å². The smallest absolute Gasteiger partial charge is 0.341 e. The third-order valence-electron chi connectivity index (χ3n) is 4.81. The summed E-state index contributed by atoms with van der Waals surface area (Å²) in [4.78, 5) is 24.5. The van der Waals surface area contributed by atoms with Crippen LogP contribution in [0.3, 0.4) is 0 Å². The highest BCUT2D eigenvalue weighted by molar-refractivity contribution is 5.94. The molecule has 1 heterocycles. The SMILES string of the molecule is CCOC(=O)c1cnn(-c2ccc(C(=O)NCc3ccc(OC)cc3OC)cc2)c1C. The standard InChI is InChI=1S/C23H25N3O5/c1-5-31-23(28)20-14-25-26(15(20)2)18-9-6-16(7-10-18)22(27)24-13-17-8-11-19(29-3)12-21(17)30-4/h6-12,14H,5,13H2,1-4H3,(H,24,27). The zero-order valence-electron chi connectivity index (χ0n) is 18.0. The first-order valence-electron chi connectivity index (χ1n) is 9.79. The number of aromatic nitrogens is 2. The van der Waals surface area contributed by atoms with Gasteiger partial charge in [0.15, 0.2) is 0 Å². The Balaban J connectivity index is 1.69. The normalized spacial score (nSPS) is 10.5. The maximum atomic E-state index is 12.6. The van der Waals surface area contributed by atoms with E-state index in [9.17, 15) is 9.59 Å². The molecule has 162 valence electrons. The highest BCUT2D eigenvalue weighted by atomic mass is 16.5. The maximum absolute atomic E-state index is 12.6. The van der Waals surface area contributed by atoms with Crippen molar-refractivity contribution in [2.45, 2.75) is 20.4 Å². The number of hydrogen-bond acceptors (Lipinski definition) is 6. The second kappa shape index (κ2) is 9.80. The summed E-state index contributed by atoms with van der Waals surface area (Å²) in [7, 11) is 3.16. The zero-order chi connectivity index (χ0) is 22.4. The molecule has 0 saturated heterocycles. The van der Waals surface area contributed by atoms with Gasteiger partial charge in [-0.3, -0.25) is 4.79 Å². The average molecular weight is 423 g/mol. The monoisotopic (exact) mass is 423 g/mol. The number of hydrogen-bond donors (Lipinski definition) is 1. The van der Waals surface area contributed by atoms with Gasteiger partial charge in [0, 0.05) is 23.7 Å². The second-order valence-electron chi connectivity index (χ2n) is 6.68. The molecule has 1 amide bonds. The zero-order valence-corrected chi connectivity index (χ0v) is 18.0. The molecule has 0 spiro atoms. The van der Waals surface area contributed by atoms with E-state index in [0.717, 1.165) is 11.3 Å². The highest BCUT2D eigenvalue weighted by Gasteiger charge is 2.16. The molecular formula is C23H25N3O5. The van der Waals surface area contributed by atoms with Crippen LogP contribution in [0.2, 0.25) is 0 Å². The lowest BCUT2D eigenvalue weighted by Crippen LogP contribution is -2.23. The number of benzene rings is 2. The van der Waals surface area contributed by atoms with Gasteiger partial charge >= 0.3 is 5.97 Å². The molecule has 0 unspecified atom stereocenters. The number of carbonyl (C=O) groups is 2. The van der Waals surface area contributed by atoms with Crippen molar-refractivity contribution in [1.82, 2.24) is 15.1 Å². The van der Waals surface area contributed by atoms with Gasteiger partial charge in [-0.15, -0.1) is 0 Å². The molecule has 0 aliphatic carbocycles. The number of esters is 1. The summed E-state index contributed by atoms with van der Waals surface area (Å²) >= 11 is 0. The highest BCUT2D eigenvalue weighted by Crippen LogP contribution is 2.24. The van der Waals surface area contributed by atoms with E-state index in [1.165, 1.54) is 6.20 Å². The molecule has 0 fully saturated rings. The number of carbonyl (C=O) groups excluding carboxylic acids is 2. The molecule has 31 heavy (non-hydrogen) atoms. The first kappa shape index (κ1) is 21.9. The van der Waals surface area contributed by atoms with E-state index in [1.54, 1.807) is 63.1 Å². The lowest BCUT2D eigenvalue weighted by molar-refractivity contribution is 0.0525. The van der Waals surface area contributed by atoms with Crippen LogP contribution in [-0.4, -0.2) is 42.5 Å². The van der Waals surface area contributed by atoms with Crippen molar-refractivity contribution in [3.63, 3.8) is 0 Å². The quantitative estimate of drug-likeness (QED) is 0.559. The van der Waals surface area contributed by atoms with Gasteiger partial charge in [-0.05, 0) is 50.2 Å². The Bertz CT molecular complexity index is 1070. The van der Waals surface area contributed by atoms with E-state index in [0.29, 0.717) is 41.5 Å². The van der Waals surface area contributed by atoms with E-state index >= 15 is 0 Å². The van der Waals surface area contributed by atoms with Crippen LogP contribution < -0.4 is 14.8 Å². The minimum absolute atomic E-state index is 0.214. The van der Waals surface area contributed by atoms with E-state index < -0.39 is 5.97 Å². The first-order valence-corrected chi connectivity index (χ1v) is 9.79. The summed E-state index contributed by atoms with van der Waals surface area (Å²) in [6, 6.07) is 12.4. The van der Waals surface area contributed by atoms with Crippen molar-refractivity contribution in [3.8, 4) is 17.2 Å². The summed E-state index contributed by atoms with van der Waals surface area (Å²) in [6.45, 7) is 4.17. The number of rotatable bonds is 8. The Hall–Kier alpha value is -3.81. The topological polar surface area (TPSA) is 91.7 Å². The minimum Gasteiger partial charge on any atom is -0.497 e. The molecule has 8 heteroatoms. The summed E-state index contributed by atoms with van der Waals surface area (Å²) in [5.41, 5.74) is 3.17. The van der Waals surface area contributed by atoms with Gasteiger partial charge in [0.25, 0.3) is 5.91 Å². The fraction of sp³-hybridized carbons (Fsp3) is 0.261.